The summed E-state index contributed by atoms with van der Waals surface area (Å²) in [4.78, 5) is 24.2. The van der Waals surface area contributed by atoms with Crippen molar-refractivity contribution in [3.05, 3.63) is 65.9 Å². The summed E-state index contributed by atoms with van der Waals surface area (Å²) in [6, 6.07) is 14.4. The molecule has 0 saturated heterocycles. The second kappa shape index (κ2) is 9.87. The number of H-pyrrole nitrogens is 1. The first-order valence-corrected chi connectivity index (χ1v) is 9.03. The summed E-state index contributed by atoms with van der Waals surface area (Å²) >= 11 is 0. The van der Waals surface area contributed by atoms with Crippen molar-refractivity contribution in [1.82, 2.24) is 20.9 Å². The molecule has 3 aromatic rings. The minimum Gasteiger partial charge on any atom is -0.493 e. The molecule has 0 aliphatic carbocycles. The Bertz CT molecular complexity index is 1050. The molecule has 3 N–H and O–H groups in total. The Hall–Kier alpha value is -4.14. The topological polar surface area (TPSA) is 118 Å². The second-order valence-corrected chi connectivity index (χ2v) is 6.11. The van der Waals surface area contributed by atoms with Crippen LogP contribution >= 0.6 is 0 Å². The second-order valence-electron chi connectivity index (χ2n) is 6.11. The number of carbonyl (C=O) groups excluding carboxylic acids is 2. The molecular weight excluding hydrogens is 386 g/mol. The summed E-state index contributed by atoms with van der Waals surface area (Å²) in [5, 5.41) is 13.4. The van der Waals surface area contributed by atoms with Crippen LogP contribution in [0.3, 0.4) is 0 Å². The van der Waals surface area contributed by atoms with E-state index in [1.807, 2.05) is 30.3 Å². The van der Waals surface area contributed by atoms with Gasteiger partial charge in [0.1, 0.15) is 0 Å². The lowest BCUT2D eigenvalue weighted by Gasteiger charge is -2.09. The van der Waals surface area contributed by atoms with Crippen LogP contribution in [0.4, 0.5) is 0 Å². The number of carbonyl (C=O) groups is 2. The Labute approximate surface area is 173 Å². The van der Waals surface area contributed by atoms with Gasteiger partial charge >= 0.3 is 0 Å². The number of hydrogen-bond acceptors (Lipinski definition) is 6. The van der Waals surface area contributed by atoms with Crippen LogP contribution in [0, 0.1) is 0 Å². The lowest BCUT2D eigenvalue weighted by Crippen LogP contribution is -2.34. The number of methoxy groups -OCH3 is 2. The van der Waals surface area contributed by atoms with E-state index in [4.69, 9.17) is 9.47 Å². The molecule has 2 aromatic carbocycles. The highest BCUT2D eigenvalue weighted by Gasteiger charge is 2.12. The fourth-order valence-corrected chi connectivity index (χ4v) is 2.68. The van der Waals surface area contributed by atoms with Crippen molar-refractivity contribution in [2.45, 2.75) is 0 Å². The van der Waals surface area contributed by atoms with E-state index in [0.29, 0.717) is 17.1 Å². The Morgan fingerprint density at radius 2 is 1.87 bits per heavy atom. The lowest BCUT2D eigenvalue weighted by molar-refractivity contribution is -0.120. The number of nitrogens with one attached hydrogen (secondary N) is 3. The molecule has 0 unspecified atom stereocenters. The first-order valence-electron chi connectivity index (χ1n) is 9.03. The van der Waals surface area contributed by atoms with Crippen molar-refractivity contribution in [3.8, 4) is 22.8 Å². The molecule has 2 amide bonds. The van der Waals surface area contributed by atoms with Crippen LogP contribution < -0.4 is 20.2 Å². The summed E-state index contributed by atoms with van der Waals surface area (Å²) in [6.07, 6.45) is 3.09. The third-order valence-electron chi connectivity index (χ3n) is 4.18. The third kappa shape index (κ3) is 5.02. The molecule has 154 valence electrons. The van der Waals surface area contributed by atoms with Crippen LogP contribution in [0.2, 0.25) is 0 Å². The molecule has 0 atom stereocenters. The van der Waals surface area contributed by atoms with Gasteiger partial charge in [-0.2, -0.15) is 10.2 Å². The van der Waals surface area contributed by atoms with Crippen LogP contribution in [0.5, 0.6) is 11.5 Å². The standard InChI is InChI=1S/C21H21N5O4/c1-29-17-9-8-15(10-18(17)30-2)21(28)22-13-19(27)25-23-11-16-12-24-26-20(16)14-6-4-3-5-7-14/h3-12H,13H2,1-2H3,(H,22,28)(H,24,26)(H,25,27). The monoisotopic (exact) mass is 407 g/mol. The molecule has 1 heterocycles. The molecule has 0 aliphatic heterocycles. The van der Waals surface area contributed by atoms with Gasteiger partial charge in [0.15, 0.2) is 11.5 Å². The van der Waals surface area contributed by atoms with Gasteiger partial charge in [-0.25, -0.2) is 5.43 Å². The molecule has 9 heteroatoms. The zero-order valence-corrected chi connectivity index (χ0v) is 16.5. The van der Waals surface area contributed by atoms with E-state index < -0.39 is 11.8 Å². The van der Waals surface area contributed by atoms with E-state index in [0.717, 1.165) is 16.8 Å². The smallest absolute Gasteiger partial charge is 0.259 e. The van der Waals surface area contributed by atoms with Gasteiger partial charge in [0.2, 0.25) is 0 Å². The predicted octanol–water partition coefficient (Wildman–Crippen LogP) is 1.97. The number of aromatic amines is 1. The Kier molecular flexibility index (Phi) is 6.78. The van der Waals surface area contributed by atoms with Crippen LogP contribution in [0.25, 0.3) is 11.3 Å². The summed E-state index contributed by atoms with van der Waals surface area (Å²) in [5.41, 5.74) is 5.17. The van der Waals surface area contributed by atoms with E-state index in [1.54, 1.807) is 18.3 Å². The highest BCUT2D eigenvalue weighted by molar-refractivity contribution is 5.97. The third-order valence-corrected chi connectivity index (χ3v) is 4.18. The van der Waals surface area contributed by atoms with Gasteiger partial charge in [-0.05, 0) is 18.2 Å². The number of hydrogen-bond donors (Lipinski definition) is 3. The van der Waals surface area contributed by atoms with Crippen molar-refractivity contribution in [3.63, 3.8) is 0 Å². The number of hydrazone groups is 1. The summed E-state index contributed by atoms with van der Waals surface area (Å²) in [7, 11) is 2.99. The molecule has 30 heavy (non-hydrogen) atoms. The molecule has 0 spiro atoms. The zero-order chi connectivity index (χ0) is 21.3. The van der Waals surface area contributed by atoms with Crippen molar-refractivity contribution in [2.24, 2.45) is 5.10 Å². The van der Waals surface area contributed by atoms with Gasteiger partial charge in [0.05, 0.1) is 38.9 Å². The number of amides is 2. The molecule has 1 aromatic heterocycles. The van der Waals surface area contributed by atoms with Gasteiger partial charge < -0.3 is 14.8 Å². The predicted molar refractivity (Wildman–Crippen MR) is 112 cm³/mol. The molecule has 0 fully saturated rings. The number of rotatable bonds is 8. The average Bonchev–Trinajstić information content (AvgIpc) is 3.26. The minimum absolute atomic E-state index is 0.235. The lowest BCUT2D eigenvalue weighted by atomic mass is 10.1. The maximum Gasteiger partial charge on any atom is 0.259 e. The molecule has 3 rings (SSSR count). The number of aromatic nitrogens is 2. The average molecular weight is 407 g/mol. The van der Waals surface area contributed by atoms with E-state index in [9.17, 15) is 9.59 Å². The molecule has 0 aliphatic rings. The highest BCUT2D eigenvalue weighted by atomic mass is 16.5. The Morgan fingerprint density at radius 3 is 2.60 bits per heavy atom. The molecular formula is C21H21N5O4. The van der Waals surface area contributed by atoms with Crippen molar-refractivity contribution < 1.29 is 19.1 Å². The largest absolute Gasteiger partial charge is 0.493 e. The van der Waals surface area contributed by atoms with E-state index in [2.05, 4.69) is 26.0 Å². The SMILES string of the molecule is COc1ccc(C(=O)NCC(=O)NN=Cc2cn[nH]c2-c2ccccc2)cc1OC. The normalized spacial score (nSPS) is 10.6. The van der Waals surface area contributed by atoms with Crippen molar-refractivity contribution in [1.29, 1.82) is 0 Å². The first kappa shape index (κ1) is 20.6. The van der Waals surface area contributed by atoms with E-state index in [1.165, 1.54) is 26.5 Å². The molecule has 0 saturated carbocycles. The highest BCUT2D eigenvalue weighted by Crippen LogP contribution is 2.27. The quantitative estimate of drug-likeness (QED) is 0.390. The minimum atomic E-state index is -0.468. The summed E-state index contributed by atoms with van der Waals surface area (Å²) < 4.78 is 10.3. The van der Waals surface area contributed by atoms with Gasteiger partial charge in [0, 0.05) is 16.7 Å². The van der Waals surface area contributed by atoms with Crippen molar-refractivity contribution >= 4 is 18.0 Å². The molecule has 0 radical (unpaired) electrons. The van der Waals surface area contributed by atoms with Crippen molar-refractivity contribution in [2.75, 3.05) is 20.8 Å². The Morgan fingerprint density at radius 1 is 1.10 bits per heavy atom. The fourth-order valence-electron chi connectivity index (χ4n) is 2.68. The van der Waals surface area contributed by atoms with E-state index >= 15 is 0 Å². The van der Waals surface area contributed by atoms with Gasteiger partial charge in [-0.3, -0.25) is 14.7 Å². The number of nitrogens with zero attached hydrogens (tertiary/aromatic N) is 2. The first-order chi connectivity index (χ1) is 14.6. The van der Waals surface area contributed by atoms with Gasteiger partial charge in [-0.1, -0.05) is 30.3 Å². The maximum absolute atomic E-state index is 12.2. The maximum atomic E-state index is 12.2. The van der Waals surface area contributed by atoms with Gasteiger partial charge in [-0.15, -0.1) is 0 Å². The van der Waals surface area contributed by atoms with Crippen LogP contribution in [-0.4, -0.2) is 49.0 Å². The van der Waals surface area contributed by atoms with Crippen LogP contribution in [0.15, 0.2) is 59.8 Å². The summed E-state index contributed by atoms with van der Waals surface area (Å²) in [5.74, 6) is 0.0462. The number of ether oxygens (including phenoxy) is 2. The zero-order valence-electron chi connectivity index (χ0n) is 16.5. The van der Waals surface area contributed by atoms with Crippen LogP contribution in [-0.2, 0) is 4.79 Å². The number of benzene rings is 2. The fraction of sp³-hybridized carbons (Fsp3) is 0.143. The van der Waals surface area contributed by atoms with Crippen LogP contribution in [0.1, 0.15) is 15.9 Å². The molecule has 0 bridgehead atoms. The Balaban J connectivity index is 1.53. The van der Waals surface area contributed by atoms with Gasteiger partial charge in [0.25, 0.3) is 11.8 Å². The molecule has 9 nitrogen and oxygen atoms in total. The summed E-state index contributed by atoms with van der Waals surface area (Å²) in [6.45, 7) is -0.235. The van der Waals surface area contributed by atoms with E-state index in [-0.39, 0.29) is 6.54 Å².